The van der Waals surface area contributed by atoms with Crippen LogP contribution in [0.1, 0.15) is 11.1 Å². The molecule has 0 aliphatic heterocycles. The number of aryl methyl sites for hydroxylation is 1. The van der Waals surface area contributed by atoms with Gasteiger partial charge in [0.15, 0.2) is 0 Å². The third-order valence-corrected chi connectivity index (χ3v) is 6.17. The van der Waals surface area contributed by atoms with Gasteiger partial charge < -0.3 is 10.4 Å². The van der Waals surface area contributed by atoms with E-state index in [2.05, 4.69) is 27.8 Å². The maximum Gasteiger partial charge on any atom is 0.244 e. The quantitative estimate of drug-likeness (QED) is 0.676. The minimum Gasteiger partial charge on any atom is -0.395 e. The minimum atomic E-state index is -3.69. The molecule has 0 radical (unpaired) electrons. The van der Waals surface area contributed by atoms with Gasteiger partial charge in [0.2, 0.25) is 10.0 Å². The van der Waals surface area contributed by atoms with Crippen molar-refractivity contribution in [2.24, 2.45) is 0 Å². The van der Waals surface area contributed by atoms with Gasteiger partial charge >= 0.3 is 0 Å². The Morgan fingerprint density at radius 2 is 2.14 bits per heavy atom. The Hall–Kier alpha value is -0.730. The van der Waals surface area contributed by atoms with Gasteiger partial charge in [-0.15, -0.1) is 6.58 Å². The van der Waals surface area contributed by atoms with Gasteiger partial charge in [0.05, 0.1) is 11.5 Å². The van der Waals surface area contributed by atoms with E-state index in [-0.39, 0.29) is 24.6 Å². The van der Waals surface area contributed by atoms with Crippen molar-refractivity contribution in [2.45, 2.75) is 18.4 Å². The molecule has 0 amide bonds. The first-order chi connectivity index (χ1) is 9.88. The molecule has 0 saturated carbocycles. The maximum atomic E-state index is 12.8. The molecule has 0 aliphatic rings. The highest BCUT2D eigenvalue weighted by Gasteiger charge is 2.26. The number of hydrogen-bond donors (Lipinski definition) is 2. The van der Waals surface area contributed by atoms with Gasteiger partial charge in [0, 0.05) is 24.1 Å². The Kier molecular flexibility index (Phi) is 7.02. The number of sulfonamides is 1. The van der Waals surface area contributed by atoms with E-state index in [1.54, 1.807) is 13.1 Å². The van der Waals surface area contributed by atoms with Gasteiger partial charge in [-0.3, -0.25) is 0 Å². The molecule has 21 heavy (non-hydrogen) atoms. The molecule has 1 aromatic rings. The lowest BCUT2D eigenvalue weighted by Crippen LogP contribution is -2.34. The summed E-state index contributed by atoms with van der Waals surface area (Å²) >= 11 is 3.36. The van der Waals surface area contributed by atoms with Crippen LogP contribution in [0, 0.1) is 6.92 Å². The van der Waals surface area contributed by atoms with Gasteiger partial charge in [-0.2, -0.15) is 4.31 Å². The standard InChI is InChI=1S/C14H21BrN2O3S/c1-4-5-17(6-7-18)21(19,20)13-9-12(10-16-3)8-11(2)14(13)15/h4,8-9,16,18H,1,5-7,10H2,2-3H3. The van der Waals surface area contributed by atoms with E-state index in [0.29, 0.717) is 11.0 Å². The van der Waals surface area contributed by atoms with Crippen LogP contribution in [0.15, 0.2) is 34.2 Å². The monoisotopic (exact) mass is 376 g/mol. The Bertz CT molecular complexity index is 602. The van der Waals surface area contributed by atoms with Crippen molar-refractivity contribution >= 4 is 26.0 Å². The number of hydrogen-bond acceptors (Lipinski definition) is 4. The third-order valence-electron chi connectivity index (χ3n) is 2.96. The summed E-state index contributed by atoms with van der Waals surface area (Å²) in [6.45, 7) is 5.96. The van der Waals surface area contributed by atoms with Crippen molar-refractivity contribution in [3.8, 4) is 0 Å². The largest absolute Gasteiger partial charge is 0.395 e. The van der Waals surface area contributed by atoms with Crippen LogP contribution in [0.2, 0.25) is 0 Å². The van der Waals surface area contributed by atoms with Gasteiger partial charge in [-0.05, 0) is 47.1 Å². The van der Waals surface area contributed by atoms with Crippen LogP contribution < -0.4 is 5.32 Å². The molecular formula is C14H21BrN2O3S. The molecular weight excluding hydrogens is 356 g/mol. The van der Waals surface area contributed by atoms with Crippen molar-refractivity contribution < 1.29 is 13.5 Å². The van der Waals surface area contributed by atoms with E-state index < -0.39 is 10.0 Å². The lowest BCUT2D eigenvalue weighted by atomic mass is 10.1. The summed E-state index contributed by atoms with van der Waals surface area (Å²) in [7, 11) is -1.89. The van der Waals surface area contributed by atoms with Crippen LogP contribution in [0.4, 0.5) is 0 Å². The van der Waals surface area contributed by atoms with E-state index in [1.165, 1.54) is 10.4 Å². The molecule has 1 aromatic carbocycles. The summed E-state index contributed by atoms with van der Waals surface area (Å²) in [5.74, 6) is 0. The molecule has 0 aliphatic carbocycles. The highest BCUT2D eigenvalue weighted by atomic mass is 79.9. The number of aliphatic hydroxyl groups is 1. The minimum absolute atomic E-state index is 0.0378. The smallest absolute Gasteiger partial charge is 0.244 e. The summed E-state index contributed by atoms with van der Waals surface area (Å²) in [6, 6.07) is 3.58. The molecule has 0 heterocycles. The van der Waals surface area contributed by atoms with Gasteiger partial charge in [-0.1, -0.05) is 12.1 Å². The lowest BCUT2D eigenvalue weighted by molar-refractivity contribution is 0.260. The normalized spacial score (nSPS) is 11.9. The fourth-order valence-corrected chi connectivity index (χ4v) is 4.44. The second-order valence-corrected chi connectivity index (χ2v) is 7.33. The van der Waals surface area contributed by atoms with E-state index in [9.17, 15) is 8.42 Å². The average Bonchev–Trinajstić information content (AvgIpc) is 2.42. The summed E-state index contributed by atoms with van der Waals surface area (Å²) in [4.78, 5) is 0.211. The zero-order valence-electron chi connectivity index (χ0n) is 12.3. The summed E-state index contributed by atoms with van der Waals surface area (Å²) in [5.41, 5.74) is 1.74. The molecule has 2 N–H and O–H groups in total. The number of benzene rings is 1. The Balaban J connectivity index is 3.37. The number of nitrogens with zero attached hydrogens (tertiary/aromatic N) is 1. The topological polar surface area (TPSA) is 69.6 Å². The first-order valence-corrected chi connectivity index (χ1v) is 8.77. The van der Waals surface area contributed by atoms with Crippen molar-refractivity contribution in [1.29, 1.82) is 0 Å². The Morgan fingerprint density at radius 1 is 1.48 bits per heavy atom. The predicted molar refractivity (Wildman–Crippen MR) is 87.7 cm³/mol. The van der Waals surface area contributed by atoms with Crippen LogP contribution in [-0.4, -0.2) is 44.6 Å². The Labute approximate surface area is 134 Å². The molecule has 0 saturated heterocycles. The van der Waals surface area contributed by atoms with E-state index in [1.807, 2.05) is 13.0 Å². The summed E-state index contributed by atoms with van der Waals surface area (Å²) in [5, 5.41) is 12.1. The second-order valence-electron chi connectivity index (χ2n) is 4.63. The number of rotatable bonds is 8. The fraction of sp³-hybridized carbons (Fsp3) is 0.429. The molecule has 7 heteroatoms. The molecule has 5 nitrogen and oxygen atoms in total. The van der Waals surface area contributed by atoms with Crippen molar-refractivity contribution in [1.82, 2.24) is 9.62 Å². The van der Waals surface area contributed by atoms with Crippen LogP contribution in [0.5, 0.6) is 0 Å². The van der Waals surface area contributed by atoms with E-state index >= 15 is 0 Å². The highest BCUT2D eigenvalue weighted by molar-refractivity contribution is 9.10. The van der Waals surface area contributed by atoms with Gasteiger partial charge in [-0.25, -0.2) is 8.42 Å². The molecule has 0 aromatic heterocycles. The lowest BCUT2D eigenvalue weighted by Gasteiger charge is -2.21. The first-order valence-electron chi connectivity index (χ1n) is 6.54. The molecule has 1 rings (SSSR count). The van der Waals surface area contributed by atoms with Crippen LogP contribution in [0.3, 0.4) is 0 Å². The zero-order chi connectivity index (χ0) is 16.0. The SMILES string of the molecule is C=CCN(CCO)S(=O)(=O)c1cc(CNC)cc(C)c1Br. The number of aliphatic hydroxyl groups excluding tert-OH is 1. The van der Waals surface area contributed by atoms with Crippen LogP contribution in [-0.2, 0) is 16.6 Å². The summed E-state index contributed by atoms with van der Waals surface area (Å²) in [6.07, 6.45) is 1.51. The molecule has 0 atom stereocenters. The van der Waals surface area contributed by atoms with E-state index in [0.717, 1.165) is 11.1 Å². The second kappa shape index (κ2) is 8.05. The predicted octanol–water partition coefficient (Wildman–Crippen LogP) is 1.65. The van der Waals surface area contributed by atoms with Crippen LogP contribution >= 0.6 is 15.9 Å². The van der Waals surface area contributed by atoms with E-state index in [4.69, 9.17) is 5.11 Å². The Morgan fingerprint density at radius 3 is 2.67 bits per heavy atom. The highest BCUT2D eigenvalue weighted by Crippen LogP contribution is 2.29. The fourth-order valence-electron chi connectivity index (χ4n) is 2.01. The van der Waals surface area contributed by atoms with Crippen molar-refractivity contribution in [2.75, 3.05) is 26.7 Å². The van der Waals surface area contributed by atoms with Crippen molar-refractivity contribution in [3.63, 3.8) is 0 Å². The number of nitrogens with one attached hydrogen (secondary N) is 1. The summed E-state index contributed by atoms with van der Waals surface area (Å²) < 4.78 is 27.3. The molecule has 0 spiro atoms. The average molecular weight is 377 g/mol. The molecule has 0 unspecified atom stereocenters. The van der Waals surface area contributed by atoms with Crippen LogP contribution in [0.25, 0.3) is 0 Å². The molecule has 118 valence electrons. The van der Waals surface area contributed by atoms with Crippen molar-refractivity contribution in [3.05, 3.63) is 40.4 Å². The number of halogens is 1. The van der Waals surface area contributed by atoms with Gasteiger partial charge in [0.25, 0.3) is 0 Å². The zero-order valence-corrected chi connectivity index (χ0v) is 14.7. The molecule has 0 bridgehead atoms. The van der Waals surface area contributed by atoms with Gasteiger partial charge in [0.1, 0.15) is 0 Å². The maximum absolute atomic E-state index is 12.8. The first kappa shape index (κ1) is 18.3. The third kappa shape index (κ3) is 4.37. The molecule has 0 fully saturated rings.